The Labute approximate surface area is 128 Å². The summed E-state index contributed by atoms with van der Waals surface area (Å²) in [6.45, 7) is 0.690. The van der Waals surface area contributed by atoms with Gasteiger partial charge in [0.2, 0.25) is 0 Å². The van der Waals surface area contributed by atoms with Crippen molar-refractivity contribution in [2.75, 3.05) is 7.11 Å². The van der Waals surface area contributed by atoms with Gasteiger partial charge in [0.05, 0.1) is 12.7 Å². The zero-order chi connectivity index (χ0) is 15.2. The molecule has 0 spiro atoms. The first-order chi connectivity index (χ1) is 10.2. The summed E-state index contributed by atoms with van der Waals surface area (Å²) in [6, 6.07) is 12.8. The minimum Gasteiger partial charge on any atom is -0.495 e. The average Bonchev–Trinajstić information content (AvgIpc) is 2.53. The summed E-state index contributed by atoms with van der Waals surface area (Å²) < 4.78 is 10.9. The zero-order valence-corrected chi connectivity index (χ0v) is 12.4. The Bertz CT molecular complexity index is 680. The van der Waals surface area contributed by atoms with Crippen LogP contribution in [0.5, 0.6) is 11.5 Å². The molecule has 5 heteroatoms. The Balaban J connectivity index is 2.15. The maximum absolute atomic E-state index is 9.07. The number of nitrogens with two attached hydrogens (primary N) is 1. The monoisotopic (exact) mass is 302 g/mol. The Kier molecular flexibility index (Phi) is 5.04. The van der Waals surface area contributed by atoms with E-state index in [9.17, 15) is 0 Å². The molecule has 21 heavy (non-hydrogen) atoms. The molecule has 0 bridgehead atoms. The van der Waals surface area contributed by atoms with E-state index in [1.54, 1.807) is 30.3 Å². The molecule has 2 aromatic carbocycles. The van der Waals surface area contributed by atoms with Gasteiger partial charge in [-0.15, -0.1) is 0 Å². The summed E-state index contributed by atoms with van der Waals surface area (Å²) in [5.74, 6) is 1.24. The number of ether oxygens (including phenoxy) is 2. The lowest BCUT2D eigenvalue weighted by atomic mass is 10.1. The SMILES string of the molecule is COc1ccc(COc2ccc(Cl)cc2CN)cc1C#N. The van der Waals surface area contributed by atoms with Crippen LogP contribution in [-0.4, -0.2) is 7.11 Å². The third-order valence-electron chi connectivity index (χ3n) is 3.02. The molecular formula is C16H15ClN2O2. The van der Waals surface area contributed by atoms with Crippen LogP contribution >= 0.6 is 11.6 Å². The molecule has 0 aliphatic heterocycles. The number of methoxy groups -OCH3 is 1. The predicted octanol–water partition coefficient (Wildman–Crippen LogP) is 3.26. The topological polar surface area (TPSA) is 68.3 Å². The molecule has 0 unspecified atom stereocenters. The third kappa shape index (κ3) is 3.66. The fourth-order valence-corrected chi connectivity index (χ4v) is 2.14. The van der Waals surface area contributed by atoms with Crippen LogP contribution in [0.25, 0.3) is 0 Å². The minimum atomic E-state index is 0.341. The molecule has 0 amide bonds. The van der Waals surface area contributed by atoms with Gasteiger partial charge in [0.1, 0.15) is 24.2 Å². The van der Waals surface area contributed by atoms with Gasteiger partial charge in [-0.2, -0.15) is 5.26 Å². The van der Waals surface area contributed by atoms with Crippen LogP contribution in [0.2, 0.25) is 5.02 Å². The summed E-state index contributed by atoms with van der Waals surface area (Å²) in [7, 11) is 1.54. The van der Waals surface area contributed by atoms with Crippen molar-refractivity contribution in [2.45, 2.75) is 13.2 Å². The molecule has 0 radical (unpaired) electrons. The van der Waals surface area contributed by atoms with Crippen LogP contribution in [0.1, 0.15) is 16.7 Å². The van der Waals surface area contributed by atoms with Crippen molar-refractivity contribution in [3.63, 3.8) is 0 Å². The molecule has 0 fully saturated rings. The normalized spacial score (nSPS) is 10.0. The fourth-order valence-electron chi connectivity index (χ4n) is 1.94. The number of nitriles is 1. The second-order valence-corrected chi connectivity index (χ2v) is 4.83. The first-order valence-electron chi connectivity index (χ1n) is 6.36. The van der Waals surface area contributed by atoms with Gasteiger partial charge in [-0.1, -0.05) is 17.7 Å². The van der Waals surface area contributed by atoms with Gasteiger partial charge < -0.3 is 15.2 Å². The van der Waals surface area contributed by atoms with Gasteiger partial charge in [-0.3, -0.25) is 0 Å². The fraction of sp³-hybridized carbons (Fsp3) is 0.188. The van der Waals surface area contributed by atoms with E-state index in [4.69, 9.17) is 32.1 Å². The summed E-state index contributed by atoms with van der Waals surface area (Å²) in [4.78, 5) is 0. The zero-order valence-electron chi connectivity index (χ0n) is 11.6. The van der Waals surface area contributed by atoms with E-state index in [-0.39, 0.29) is 0 Å². The van der Waals surface area contributed by atoms with Crippen molar-refractivity contribution in [1.82, 2.24) is 0 Å². The van der Waals surface area contributed by atoms with Gasteiger partial charge in [-0.25, -0.2) is 0 Å². The molecule has 0 saturated heterocycles. The van der Waals surface area contributed by atoms with E-state index in [1.165, 1.54) is 7.11 Å². The maximum atomic E-state index is 9.07. The summed E-state index contributed by atoms with van der Waals surface area (Å²) in [5.41, 5.74) is 7.88. The van der Waals surface area contributed by atoms with Crippen molar-refractivity contribution in [3.05, 3.63) is 58.1 Å². The summed E-state index contributed by atoms with van der Waals surface area (Å²) in [6.07, 6.45) is 0. The van der Waals surface area contributed by atoms with Gasteiger partial charge in [0.15, 0.2) is 0 Å². The summed E-state index contributed by atoms with van der Waals surface area (Å²) >= 11 is 5.92. The number of benzene rings is 2. The van der Waals surface area contributed by atoms with Gasteiger partial charge in [-0.05, 0) is 35.9 Å². The molecule has 2 aromatic rings. The molecule has 0 aliphatic carbocycles. The first kappa shape index (κ1) is 15.2. The lowest BCUT2D eigenvalue weighted by molar-refractivity contribution is 0.302. The molecule has 0 atom stereocenters. The van der Waals surface area contributed by atoms with Crippen molar-refractivity contribution in [1.29, 1.82) is 5.26 Å². The van der Waals surface area contributed by atoms with Gasteiger partial charge >= 0.3 is 0 Å². The van der Waals surface area contributed by atoms with Crippen LogP contribution in [0.3, 0.4) is 0 Å². The first-order valence-corrected chi connectivity index (χ1v) is 6.74. The van der Waals surface area contributed by atoms with Crippen molar-refractivity contribution >= 4 is 11.6 Å². The Morgan fingerprint density at radius 1 is 1.19 bits per heavy atom. The second kappa shape index (κ2) is 6.98. The molecule has 0 aromatic heterocycles. The van der Waals surface area contributed by atoms with Gasteiger partial charge in [0.25, 0.3) is 0 Å². The number of hydrogen-bond acceptors (Lipinski definition) is 4. The van der Waals surface area contributed by atoms with E-state index < -0.39 is 0 Å². The van der Waals surface area contributed by atoms with Crippen LogP contribution < -0.4 is 15.2 Å². The van der Waals surface area contributed by atoms with Gasteiger partial charge in [0, 0.05) is 17.1 Å². The molecular weight excluding hydrogens is 288 g/mol. The highest BCUT2D eigenvalue weighted by molar-refractivity contribution is 6.30. The highest BCUT2D eigenvalue weighted by Gasteiger charge is 2.06. The Hall–Kier alpha value is -2.22. The Morgan fingerprint density at radius 2 is 1.95 bits per heavy atom. The van der Waals surface area contributed by atoms with Crippen molar-refractivity contribution in [2.24, 2.45) is 5.73 Å². The number of halogens is 1. The highest BCUT2D eigenvalue weighted by Crippen LogP contribution is 2.24. The number of nitrogens with zero attached hydrogens (tertiary/aromatic N) is 1. The van der Waals surface area contributed by atoms with Crippen molar-refractivity contribution < 1.29 is 9.47 Å². The van der Waals surface area contributed by atoms with E-state index in [0.717, 1.165) is 11.1 Å². The molecule has 0 saturated carbocycles. The third-order valence-corrected chi connectivity index (χ3v) is 3.26. The smallest absolute Gasteiger partial charge is 0.136 e. The lowest BCUT2D eigenvalue weighted by Gasteiger charge is -2.11. The molecule has 0 heterocycles. The molecule has 2 N–H and O–H groups in total. The predicted molar refractivity (Wildman–Crippen MR) is 81.4 cm³/mol. The van der Waals surface area contributed by atoms with Crippen molar-refractivity contribution in [3.8, 4) is 17.6 Å². The maximum Gasteiger partial charge on any atom is 0.136 e. The van der Waals surface area contributed by atoms with Crippen LogP contribution in [0.15, 0.2) is 36.4 Å². The van der Waals surface area contributed by atoms with E-state index in [1.807, 2.05) is 6.07 Å². The highest BCUT2D eigenvalue weighted by atomic mass is 35.5. The molecule has 108 valence electrons. The number of hydrogen-bond donors (Lipinski definition) is 1. The summed E-state index contributed by atoms with van der Waals surface area (Å²) in [5, 5.41) is 9.69. The van der Waals surface area contributed by atoms with Crippen LogP contribution in [-0.2, 0) is 13.2 Å². The molecule has 0 aliphatic rings. The van der Waals surface area contributed by atoms with E-state index >= 15 is 0 Å². The minimum absolute atomic E-state index is 0.341. The number of rotatable bonds is 5. The lowest BCUT2D eigenvalue weighted by Crippen LogP contribution is -2.03. The Morgan fingerprint density at radius 3 is 2.62 bits per heavy atom. The standard InChI is InChI=1S/C16H15ClN2O2/c1-20-15-4-2-11(6-12(15)8-18)10-21-16-5-3-14(17)7-13(16)9-19/h2-7H,9-10,19H2,1H3. The average molecular weight is 303 g/mol. The molecule has 4 nitrogen and oxygen atoms in total. The quantitative estimate of drug-likeness (QED) is 0.920. The van der Waals surface area contributed by atoms with Crippen LogP contribution in [0.4, 0.5) is 0 Å². The van der Waals surface area contributed by atoms with E-state index in [0.29, 0.717) is 35.2 Å². The van der Waals surface area contributed by atoms with E-state index in [2.05, 4.69) is 6.07 Å². The molecule has 2 rings (SSSR count). The van der Waals surface area contributed by atoms with Crippen LogP contribution in [0, 0.1) is 11.3 Å². The largest absolute Gasteiger partial charge is 0.495 e. The second-order valence-electron chi connectivity index (χ2n) is 4.39.